The minimum absolute atomic E-state index is 0.0595. The van der Waals surface area contributed by atoms with Crippen LogP contribution >= 0.6 is 0 Å². The number of hydrogen-bond acceptors (Lipinski definition) is 4. The van der Waals surface area contributed by atoms with E-state index in [2.05, 4.69) is 46.0 Å². The minimum atomic E-state index is -0.616. The van der Waals surface area contributed by atoms with Gasteiger partial charge in [-0.15, -0.1) is 0 Å². The lowest BCUT2D eigenvalue weighted by Crippen LogP contribution is -2.51. The molecule has 2 amide bonds. The number of rotatable bonds is 13. The van der Waals surface area contributed by atoms with E-state index in [4.69, 9.17) is 0 Å². The lowest BCUT2D eigenvalue weighted by atomic mass is 9.46. The number of nitrogens with one attached hydrogen (secondary N) is 1. The van der Waals surface area contributed by atoms with Gasteiger partial charge in [0.25, 0.3) is 0 Å². The van der Waals surface area contributed by atoms with Gasteiger partial charge in [-0.05, 0) is 111 Å². The van der Waals surface area contributed by atoms with Gasteiger partial charge in [-0.1, -0.05) is 72.0 Å². The molecule has 1 aliphatic heterocycles. The van der Waals surface area contributed by atoms with Crippen molar-refractivity contribution in [3.8, 4) is 0 Å². The first kappa shape index (κ1) is 34.9. The number of unbranched alkanes of at least 4 members (excludes halogenated alkanes) is 2. The van der Waals surface area contributed by atoms with Gasteiger partial charge in [-0.2, -0.15) is 0 Å². The van der Waals surface area contributed by atoms with Crippen molar-refractivity contribution < 1.29 is 19.8 Å². The smallest absolute Gasteiger partial charge is 0.223 e. The zero-order chi connectivity index (χ0) is 32.4. The molecule has 256 valence electrons. The van der Waals surface area contributed by atoms with Gasteiger partial charge >= 0.3 is 0 Å². The van der Waals surface area contributed by atoms with Crippen LogP contribution in [0.2, 0.25) is 0 Å². The maximum Gasteiger partial charge on any atom is 0.223 e. The summed E-state index contributed by atoms with van der Waals surface area (Å²) in [7, 11) is 0. The summed E-state index contributed by atoms with van der Waals surface area (Å²) < 4.78 is 0. The van der Waals surface area contributed by atoms with Crippen molar-refractivity contribution in [2.45, 2.75) is 137 Å². The zero-order valence-electron chi connectivity index (χ0n) is 29.4. The molecule has 5 rings (SSSR count). The van der Waals surface area contributed by atoms with Gasteiger partial charge in [-0.25, -0.2) is 0 Å². The van der Waals surface area contributed by atoms with Crippen LogP contribution in [-0.2, 0) is 9.59 Å². The average Bonchev–Trinajstić information content (AvgIpc) is 3.57. The zero-order valence-corrected chi connectivity index (χ0v) is 29.4. The minimum Gasteiger partial charge on any atom is -0.396 e. The van der Waals surface area contributed by atoms with Crippen molar-refractivity contribution in [2.24, 2.45) is 58.2 Å². The molecule has 6 heteroatoms. The quantitative estimate of drug-likeness (QED) is 0.150. The summed E-state index contributed by atoms with van der Waals surface area (Å²) in [6, 6.07) is 0. The molecule has 5 aliphatic rings. The Bertz CT molecular complexity index is 1060. The van der Waals surface area contributed by atoms with Crippen LogP contribution in [0.3, 0.4) is 0 Å². The molecular weight excluding hydrogens is 560 g/mol. The molecule has 0 aromatic heterocycles. The fourth-order valence-corrected chi connectivity index (χ4v) is 11.2. The molecule has 4 aliphatic carbocycles. The Balaban J connectivity index is 1.06. The molecule has 0 radical (unpaired) electrons. The number of aliphatic hydroxyl groups is 2. The van der Waals surface area contributed by atoms with E-state index in [0.717, 1.165) is 74.0 Å². The van der Waals surface area contributed by atoms with E-state index in [1.54, 1.807) is 10.5 Å². The number of likely N-dealkylation sites (tertiary alicyclic amines) is 1. The molecule has 45 heavy (non-hydrogen) atoms. The third-order valence-corrected chi connectivity index (χ3v) is 14.0. The molecule has 0 aromatic rings. The van der Waals surface area contributed by atoms with Gasteiger partial charge in [0.1, 0.15) is 0 Å². The van der Waals surface area contributed by atoms with Crippen LogP contribution in [-0.4, -0.2) is 59.3 Å². The topological polar surface area (TPSA) is 89.9 Å². The van der Waals surface area contributed by atoms with Crippen molar-refractivity contribution >= 4 is 11.8 Å². The average molecular weight is 627 g/mol. The molecule has 1 heterocycles. The van der Waals surface area contributed by atoms with E-state index < -0.39 is 6.10 Å². The number of carbonyl (C=O) groups is 2. The maximum atomic E-state index is 13.2. The fourth-order valence-electron chi connectivity index (χ4n) is 11.2. The van der Waals surface area contributed by atoms with Crippen LogP contribution in [0, 0.1) is 58.2 Å². The molecular formula is C39H66N2O4. The van der Waals surface area contributed by atoms with Gasteiger partial charge in [0, 0.05) is 37.9 Å². The highest BCUT2D eigenvalue weighted by atomic mass is 16.3. The molecule has 3 N–H and O–H groups in total. The van der Waals surface area contributed by atoms with Crippen molar-refractivity contribution in [1.29, 1.82) is 0 Å². The third kappa shape index (κ3) is 7.37. The van der Waals surface area contributed by atoms with Crippen LogP contribution in [0.4, 0.5) is 0 Å². The summed E-state index contributed by atoms with van der Waals surface area (Å²) in [5, 5.41) is 22.5. The van der Waals surface area contributed by atoms with E-state index >= 15 is 0 Å². The van der Waals surface area contributed by atoms with Crippen molar-refractivity contribution in [3.63, 3.8) is 0 Å². The van der Waals surface area contributed by atoms with Gasteiger partial charge in [0.15, 0.2) is 0 Å². The normalized spacial score (nSPS) is 38.4. The first-order chi connectivity index (χ1) is 21.5. The van der Waals surface area contributed by atoms with E-state index in [1.807, 2.05) is 0 Å². The Morgan fingerprint density at radius 2 is 1.78 bits per heavy atom. The highest BCUT2D eigenvalue weighted by Crippen LogP contribution is 2.67. The number of aliphatic hydroxyl groups excluding tert-OH is 2. The van der Waals surface area contributed by atoms with E-state index in [9.17, 15) is 19.8 Å². The summed E-state index contributed by atoms with van der Waals surface area (Å²) in [6.45, 7) is 13.9. The predicted octanol–water partition coefficient (Wildman–Crippen LogP) is 7.13. The Morgan fingerprint density at radius 3 is 2.51 bits per heavy atom. The Hall–Kier alpha value is -1.40. The number of β-amino-alcohol motifs (C(OH)–C–C–N with tert-alkyl or cyclic N) is 1. The van der Waals surface area contributed by atoms with Crippen LogP contribution in [0.1, 0.15) is 131 Å². The summed E-state index contributed by atoms with van der Waals surface area (Å²) >= 11 is 0. The van der Waals surface area contributed by atoms with Crippen LogP contribution < -0.4 is 5.32 Å². The standard InChI is InChI=1S/C39H66N2O4/c1-26(2)10-9-11-27(3)32-15-16-33-31-14-13-30-22-28(17-19-38(30,4)34(31)18-20-39(32,33)5)37(45)40-21-8-6-7-12-36(44)41-23-29(25-42)35(43)24-41/h13,26-29,31-35,42-43H,6-12,14-25H2,1-5H3,(H,40,45)/t27-,28?,29?,31?,32-,33?,34?,35?,38+,39-/m1/s1. The number of hydrogen-bond donors (Lipinski definition) is 3. The van der Waals surface area contributed by atoms with Crippen molar-refractivity contribution in [2.75, 3.05) is 26.2 Å². The first-order valence-corrected chi connectivity index (χ1v) is 19.0. The van der Waals surface area contributed by atoms with Gasteiger partial charge in [-0.3, -0.25) is 9.59 Å². The van der Waals surface area contributed by atoms with E-state index in [-0.39, 0.29) is 35.7 Å². The van der Waals surface area contributed by atoms with E-state index in [1.165, 1.54) is 51.4 Å². The Kier molecular flexibility index (Phi) is 11.5. The second-order valence-corrected chi connectivity index (χ2v) is 17.1. The molecule has 4 fully saturated rings. The number of nitrogens with zero attached hydrogens (tertiary/aromatic N) is 1. The molecule has 1 saturated heterocycles. The molecule has 6 unspecified atom stereocenters. The summed E-state index contributed by atoms with van der Waals surface area (Å²) in [6.07, 6.45) is 19.2. The fraction of sp³-hybridized carbons (Fsp3) is 0.897. The second-order valence-electron chi connectivity index (χ2n) is 17.1. The van der Waals surface area contributed by atoms with E-state index in [0.29, 0.717) is 31.5 Å². The Labute approximate surface area is 274 Å². The molecule has 10 atom stereocenters. The Morgan fingerprint density at radius 1 is 0.978 bits per heavy atom. The monoisotopic (exact) mass is 627 g/mol. The number of fused-ring (bicyclic) bond motifs is 5. The number of carbonyl (C=O) groups excluding carboxylic acids is 2. The predicted molar refractivity (Wildman–Crippen MR) is 181 cm³/mol. The molecule has 0 bridgehead atoms. The lowest BCUT2D eigenvalue weighted by Gasteiger charge is -2.58. The second kappa shape index (κ2) is 14.8. The van der Waals surface area contributed by atoms with Gasteiger partial charge < -0.3 is 20.4 Å². The summed E-state index contributed by atoms with van der Waals surface area (Å²) in [4.78, 5) is 27.4. The molecule has 6 nitrogen and oxygen atoms in total. The summed E-state index contributed by atoms with van der Waals surface area (Å²) in [5.74, 6) is 5.21. The summed E-state index contributed by atoms with van der Waals surface area (Å²) in [5.41, 5.74) is 2.38. The van der Waals surface area contributed by atoms with Crippen LogP contribution in [0.15, 0.2) is 11.6 Å². The SMILES string of the molecule is CC(C)CCC[C@@H](C)[C@H]1CCC2C3CC=C4CC(C(=O)NCCCCCC(=O)N5CC(O)C(CO)C5)CC[C@]4(C)C3CC[C@@]21C. The number of allylic oxidation sites excluding steroid dienone is 2. The highest BCUT2D eigenvalue weighted by Gasteiger charge is 2.59. The molecule has 0 aromatic carbocycles. The van der Waals surface area contributed by atoms with Crippen molar-refractivity contribution in [1.82, 2.24) is 10.2 Å². The van der Waals surface area contributed by atoms with Crippen molar-refractivity contribution in [3.05, 3.63) is 11.6 Å². The van der Waals surface area contributed by atoms with Gasteiger partial charge in [0.2, 0.25) is 11.8 Å². The third-order valence-electron chi connectivity index (χ3n) is 14.0. The highest BCUT2D eigenvalue weighted by molar-refractivity contribution is 5.79. The maximum absolute atomic E-state index is 13.2. The largest absolute Gasteiger partial charge is 0.396 e. The molecule has 3 saturated carbocycles. The van der Waals surface area contributed by atoms with Crippen LogP contribution in [0.25, 0.3) is 0 Å². The lowest BCUT2D eigenvalue weighted by molar-refractivity contribution is -0.131. The molecule has 0 spiro atoms. The van der Waals surface area contributed by atoms with Gasteiger partial charge in [0.05, 0.1) is 12.7 Å². The van der Waals surface area contributed by atoms with Crippen LogP contribution in [0.5, 0.6) is 0 Å². The number of amides is 2. The first-order valence-electron chi connectivity index (χ1n) is 19.0.